The van der Waals surface area contributed by atoms with Crippen molar-refractivity contribution >= 4 is 21.7 Å². The van der Waals surface area contributed by atoms with Gasteiger partial charge in [-0.2, -0.15) is 5.26 Å². The Balaban J connectivity index is 1.85. The van der Waals surface area contributed by atoms with Crippen molar-refractivity contribution in [3.05, 3.63) is 35.4 Å². The summed E-state index contributed by atoms with van der Waals surface area (Å²) in [5.74, 6) is -0.346. The standard InChI is InChI=1S/C19H23N3O4S/c1-13(2)9-18(23)21-7-8-22(17-12-27(25,26)11-16(17)21)19(24)15-5-3-14(10-20)4-6-15/h3-6,13,16-17H,7-9,11-12H2,1-2H3/t16-,17+/m0/s1. The number of nitriles is 1. The number of fused-ring (bicyclic) bond motifs is 1. The minimum atomic E-state index is -3.31. The van der Waals surface area contributed by atoms with Gasteiger partial charge in [0.05, 0.1) is 35.2 Å². The normalized spacial score (nSPS) is 23.8. The zero-order chi connectivity index (χ0) is 19.8. The lowest BCUT2D eigenvalue weighted by atomic mass is 10.0. The maximum Gasteiger partial charge on any atom is 0.254 e. The fraction of sp³-hybridized carbons (Fsp3) is 0.526. The van der Waals surface area contributed by atoms with E-state index in [1.165, 1.54) is 0 Å². The molecule has 2 aliphatic heterocycles. The zero-order valence-electron chi connectivity index (χ0n) is 15.5. The average molecular weight is 389 g/mol. The molecule has 0 bridgehead atoms. The molecule has 1 aromatic rings. The first-order chi connectivity index (χ1) is 12.7. The molecule has 2 heterocycles. The molecular formula is C19H23N3O4S. The summed E-state index contributed by atoms with van der Waals surface area (Å²) in [6.45, 7) is 4.54. The van der Waals surface area contributed by atoms with Crippen molar-refractivity contribution < 1.29 is 18.0 Å². The molecule has 2 fully saturated rings. The van der Waals surface area contributed by atoms with Crippen molar-refractivity contribution in [1.29, 1.82) is 5.26 Å². The highest BCUT2D eigenvalue weighted by atomic mass is 32.2. The van der Waals surface area contributed by atoms with E-state index in [0.29, 0.717) is 30.6 Å². The molecule has 0 aliphatic carbocycles. The number of hydrogen-bond acceptors (Lipinski definition) is 5. The Hall–Kier alpha value is -2.40. The van der Waals surface area contributed by atoms with Gasteiger partial charge in [0, 0.05) is 25.1 Å². The zero-order valence-corrected chi connectivity index (χ0v) is 16.3. The first kappa shape index (κ1) is 19.4. The number of benzene rings is 1. The van der Waals surface area contributed by atoms with Crippen LogP contribution in [0.25, 0.3) is 0 Å². The lowest BCUT2D eigenvalue weighted by Crippen LogP contribution is -2.62. The molecule has 2 amide bonds. The van der Waals surface area contributed by atoms with Crippen LogP contribution in [0.15, 0.2) is 24.3 Å². The van der Waals surface area contributed by atoms with E-state index in [1.807, 2.05) is 19.9 Å². The fourth-order valence-electron chi connectivity index (χ4n) is 3.83. The highest BCUT2D eigenvalue weighted by Crippen LogP contribution is 2.29. The Morgan fingerprint density at radius 1 is 1.11 bits per heavy atom. The van der Waals surface area contributed by atoms with Crippen molar-refractivity contribution in [2.45, 2.75) is 32.4 Å². The maximum atomic E-state index is 13.0. The smallest absolute Gasteiger partial charge is 0.254 e. The number of sulfone groups is 1. The predicted octanol–water partition coefficient (Wildman–Crippen LogP) is 1.05. The number of amides is 2. The third kappa shape index (κ3) is 3.98. The lowest BCUT2D eigenvalue weighted by Gasteiger charge is -2.44. The summed E-state index contributed by atoms with van der Waals surface area (Å²) < 4.78 is 24.5. The SMILES string of the molecule is CC(C)CC(=O)N1CCN(C(=O)c2ccc(C#N)cc2)[C@@H]2CS(=O)(=O)C[C@@H]21. The Kier molecular flexibility index (Phi) is 5.24. The van der Waals surface area contributed by atoms with Crippen LogP contribution in [0, 0.1) is 17.2 Å². The van der Waals surface area contributed by atoms with Gasteiger partial charge in [-0.1, -0.05) is 13.8 Å². The molecule has 7 nitrogen and oxygen atoms in total. The molecule has 0 unspecified atom stereocenters. The van der Waals surface area contributed by atoms with E-state index >= 15 is 0 Å². The highest BCUT2D eigenvalue weighted by Gasteiger charge is 2.49. The maximum absolute atomic E-state index is 13.0. The minimum absolute atomic E-state index is 0.0532. The van der Waals surface area contributed by atoms with E-state index in [-0.39, 0.29) is 29.2 Å². The van der Waals surface area contributed by atoms with Crippen molar-refractivity contribution in [2.24, 2.45) is 5.92 Å². The second-order valence-corrected chi connectivity index (χ2v) is 9.74. The van der Waals surface area contributed by atoms with Crippen molar-refractivity contribution in [2.75, 3.05) is 24.6 Å². The quantitative estimate of drug-likeness (QED) is 0.770. The first-order valence-corrected chi connectivity index (χ1v) is 10.8. The summed E-state index contributed by atoms with van der Waals surface area (Å²) in [5.41, 5.74) is 0.871. The van der Waals surface area contributed by atoms with Gasteiger partial charge in [-0.25, -0.2) is 8.42 Å². The summed E-state index contributed by atoms with van der Waals surface area (Å²) in [6.07, 6.45) is 0.368. The average Bonchev–Trinajstić information content (AvgIpc) is 2.94. The number of nitrogens with zero attached hydrogens (tertiary/aromatic N) is 3. The molecule has 2 atom stereocenters. The predicted molar refractivity (Wildman–Crippen MR) is 99.6 cm³/mol. The molecule has 3 rings (SSSR count). The van der Waals surface area contributed by atoms with Crippen LogP contribution in [0.2, 0.25) is 0 Å². The van der Waals surface area contributed by atoms with E-state index in [2.05, 4.69) is 0 Å². The molecule has 27 heavy (non-hydrogen) atoms. The van der Waals surface area contributed by atoms with E-state index in [9.17, 15) is 18.0 Å². The van der Waals surface area contributed by atoms with Crippen LogP contribution >= 0.6 is 0 Å². The van der Waals surface area contributed by atoms with Crippen LogP contribution in [0.1, 0.15) is 36.2 Å². The van der Waals surface area contributed by atoms with Gasteiger partial charge in [-0.3, -0.25) is 9.59 Å². The van der Waals surface area contributed by atoms with Gasteiger partial charge in [0.1, 0.15) is 0 Å². The number of carbonyl (C=O) groups excluding carboxylic acids is 2. The topological polar surface area (TPSA) is 98.5 Å². The summed E-state index contributed by atoms with van der Waals surface area (Å²) in [7, 11) is -3.31. The molecule has 0 spiro atoms. The molecule has 0 N–H and O–H groups in total. The van der Waals surface area contributed by atoms with Gasteiger partial charge < -0.3 is 9.80 Å². The first-order valence-electron chi connectivity index (χ1n) is 9.03. The largest absolute Gasteiger partial charge is 0.335 e. The summed E-state index contributed by atoms with van der Waals surface area (Å²) in [5, 5.41) is 8.89. The number of piperazine rings is 1. The Labute approximate surface area is 159 Å². The van der Waals surface area contributed by atoms with Gasteiger partial charge >= 0.3 is 0 Å². The van der Waals surface area contributed by atoms with Crippen LogP contribution in [-0.2, 0) is 14.6 Å². The molecule has 2 aliphatic rings. The molecular weight excluding hydrogens is 366 g/mol. The lowest BCUT2D eigenvalue weighted by molar-refractivity contribution is -0.137. The van der Waals surface area contributed by atoms with Gasteiger partial charge in [0.2, 0.25) is 5.91 Å². The van der Waals surface area contributed by atoms with Gasteiger partial charge in [0.25, 0.3) is 5.91 Å². The van der Waals surface area contributed by atoms with Crippen molar-refractivity contribution in [3.8, 4) is 6.07 Å². The third-order valence-electron chi connectivity index (χ3n) is 5.10. The molecule has 8 heteroatoms. The van der Waals surface area contributed by atoms with Crippen LogP contribution in [0.3, 0.4) is 0 Å². The van der Waals surface area contributed by atoms with Crippen LogP contribution in [0.4, 0.5) is 0 Å². The van der Waals surface area contributed by atoms with E-state index in [4.69, 9.17) is 5.26 Å². The van der Waals surface area contributed by atoms with Gasteiger partial charge in [-0.05, 0) is 30.2 Å². The molecule has 1 aromatic carbocycles. The van der Waals surface area contributed by atoms with Gasteiger partial charge in [-0.15, -0.1) is 0 Å². The molecule has 0 radical (unpaired) electrons. The molecule has 0 aromatic heterocycles. The monoisotopic (exact) mass is 389 g/mol. The summed E-state index contributed by atoms with van der Waals surface area (Å²) in [6, 6.07) is 7.29. The fourth-order valence-corrected chi connectivity index (χ4v) is 5.82. The van der Waals surface area contributed by atoms with Gasteiger partial charge in [0.15, 0.2) is 9.84 Å². The number of hydrogen-bond donors (Lipinski definition) is 0. The summed E-state index contributed by atoms with van der Waals surface area (Å²) in [4.78, 5) is 28.8. The Morgan fingerprint density at radius 2 is 1.67 bits per heavy atom. The minimum Gasteiger partial charge on any atom is -0.335 e. The van der Waals surface area contributed by atoms with E-state index in [1.54, 1.807) is 34.1 Å². The third-order valence-corrected chi connectivity index (χ3v) is 6.80. The van der Waals surface area contributed by atoms with Crippen LogP contribution in [0.5, 0.6) is 0 Å². The summed E-state index contributed by atoms with van der Waals surface area (Å²) >= 11 is 0. The second kappa shape index (κ2) is 7.31. The van der Waals surface area contributed by atoms with E-state index < -0.39 is 21.9 Å². The van der Waals surface area contributed by atoms with Crippen LogP contribution < -0.4 is 0 Å². The Morgan fingerprint density at radius 3 is 2.22 bits per heavy atom. The molecule has 0 saturated carbocycles. The molecule has 2 saturated heterocycles. The Bertz CT molecular complexity index is 887. The van der Waals surface area contributed by atoms with E-state index in [0.717, 1.165) is 0 Å². The number of rotatable bonds is 3. The van der Waals surface area contributed by atoms with Crippen molar-refractivity contribution in [3.63, 3.8) is 0 Å². The van der Waals surface area contributed by atoms with Crippen LogP contribution in [-0.4, -0.2) is 66.7 Å². The highest BCUT2D eigenvalue weighted by molar-refractivity contribution is 7.91. The number of carbonyl (C=O) groups is 2. The molecule has 144 valence electrons. The van der Waals surface area contributed by atoms with Crippen molar-refractivity contribution in [1.82, 2.24) is 9.80 Å². The second-order valence-electron chi connectivity index (χ2n) is 7.58.